The van der Waals surface area contributed by atoms with Gasteiger partial charge in [-0.1, -0.05) is 117 Å². The van der Waals surface area contributed by atoms with Crippen LogP contribution in [0, 0.1) is 6.42 Å². The quantitative estimate of drug-likeness (QED) is 0.114. The third-order valence-corrected chi connectivity index (χ3v) is 4.15. The van der Waals surface area contributed by atoms with E-state index < -0.39 is 0 Å². The van der Waals surface area contributed by atoms with Gasteiger partial charge in [0.2, 0.25) is 0 Å². The van der Waals surface area contributed by atoms with E-state index in [-0.39, 0.29) is 21.7 Å². The van der Waals surface area contributed by atoms with Crippen molar-refractivity contribution in [2.24, 2.45) is 0 Å². The van der Waals surface area contributed by atoms with E-state index in [1.807, 2.05) is 39.1 Å². The van der Waals surface area contributed by atoms with Crippen LogP contribution in [0.2, 0.25) is 0 Å². The number of unbranched alkanes of at least 4 members (excludes halogenated alkanes) is 15. The Labute approximate surface area is 211 Å². The van der Waals surface area contributed by atoms with Crippen molar-refractivity contribution in [3.05, 3.63) is 6.42 Å². The molecule has 0 atom stereocenters. The molecule has 0 aliphatic heterocycles. The second kappa shape index (κ2) is 52.0. The fraction of sp³-hybridized carbons (Fsp3) is 0.852. The zero-order valence-electron chi connectivity index (χ0n) is 21.5. The van der Waals surface area contributed by atoms with Gasteiger partial charge in [0.05, 0.1) is 0 Å². The molecule has 0 saturated carbocycles. The fourth-order valence-electron chi connectivity index (χ4n) is 2.40. The van der Waals surface area contributed by atoms with Crippen LogP contribution in [0.5, 0.6) is 0 Å². The Morgan fingerprint density at radius 1 is 0.452 bits per heavy atom. The van der Waals surface area contributed by atoms with E-state index in [0.29, 0.717) is 19.3 Å². The molecule has 3 nitrogen and oxygen atoms in total. The molecule has 0 aliphatic carbocycles. The fourth-order valence-corrected chi connectivity index (χ4v) is 2.40. The summed E-state index contributed by atoms with van der Waals surface area (Å²) in [5.74, 6) is 0. The minimum absolute atomic E-state index is 0. The normalized spacial score (nSPS) is 8.81. The topological polar surface area (TPSA) is 51.2 Å². The van der Waals surface area contributed by atoms with Gasteiger partial charge in [0.15, 0.2) is 0 Å². The van der Waals surface area contributed by atoms with E-state index in [1.54, 1.807) is 0 Å². The van der Waals surface area contributed by atoms with Crippen LogP contribution in [0.15, 0.2) is 0 Å². The van der Waals surface area contributed by atoms with E-state index in [1.165, 1.54) is 77.0 Å². The Morgan fingerprint density at radius 3 is 0.806 bits per heavy atom. The Morgan fingerprint density at radius 2 is 0.645 bits per heavy atom. The first-order chi connectivity index (χ1) is 14.7. The monoisotopic (exact) mass is 472 g/mol. The Bertz CT molecular complexity index is 241. The summed E-state index contributed by atoms with van der Waals surface area (Å²) >= 11 is 0. The van der Waals surface area contributed by atoms with Crippen LogP contribution in [0.25, 0.3) is 0 Å². The molecular weight excluding hydrogens is 420 g/mol. The maximum Gasteiger partial charge on any atom is 4.00 e. The average molecular weight is 473 g/mol. The molecule has 0 bridgehead atoms. The van der Waals surface area contributed by atoms with Crippen LogP contribution in [-0.4, -0.2) is 18.9 Å². The van der Waals surface area contributed by atoms with E-state index >= 15 is 0 Å². The molecule has 0 radical (unpaired) electrons. The zero-order chi connectivity index (χ0) is 23.6. The third kappa shape index (κ3) is 72.7. The molecule has 0 aromatic rings. The first-order valence-electron chi connectivity index (χ1n) is 12.4. The van der Waals surface area contributed by atoms with Crippen molar-refractivity contribution >= 4 is 18.9 Å². The smallest absolute Gasteiger partial charge is 0.542 e. The van der Waals surface area contributed by atoms with Gasteiger partial charge in [0.25, 0.3) is 0 Å². The van der Waals surface area contributed by atoms with Crippen molar-refractivity contribution in [1.29, 1.82) is 0 Å². The van der Waals surface area contributed by atoms with Gasteiger partial charge in [-0.05, 0) is 0 Å². The maximum absolute atomic E-state index is 9.71. The molecule has 31 heavy (non-hydrogen) atoms. The number of rotatable bonds is 18. The molecule has 0 spiro atoms. The summed E-state index contributed by atoms with van der Waals surface area (Å²) in [5.41, 5.74) is 0. The SMILES string of the molecule is CCCCCCC[C-]=O.CCCCCCC[C-]=O.CCCCCCC[C-]=O.C[CH-]C.[Ti+4]. The summed E-state index contributed by atoms with van der Waals surface area (Å²) in [6.07, 6.45) is 27.8. The van der Waals surface area contributed by atoms with Crippen LogP contribution in [-0.2, 0) is 36.1 Å². The first kappa shape index (κ1) is 41.0. The summed E-state index contributed by atoms with van der Waals surface area (Å²) in [4.78, 5) is 29.1. The molecule has 0 rings (SSSR count). The Balaban J connectivity index is -0.000000101. The molecular formula is C27H52O3Ti. The molecule has 0 unspecified atom stereocenters. The summed E-state index contributed by atoms with van der Waals surface area (Å²) < 4.78 is 0. The molecule has 0 heterocycles. The summed E-state index contributed by atoms with van der Waals surface area (Å²) in [6.45, 7) is 10.6. The predicted molar refractivity (Wildman–Crippen MR) is 133 cm³/mol. The summed E-state index contributed by atoms with van der Waals surface area (Å²) in [5, 5.41) is 0. The average Bonchev–Trinajstić information content (AvgIpc) is 2.75. The molecule has 0 amide bonds. The van der Waals surface area contributed by atoms with Gasteiger partial charge in [-0.25, -0.2) is 0 Å². The van der Waals surface area contributed by atoms with Crippen LogP contribution >= 0.6 is 0 Å². The van der Waals surface area contributed by atoms with Gasteiger partial charge in [-0.3, -0.25) is 18.9 Å². The number of carbonyl (C=O) groups excluding carboxylic acids is 3. The van der Waals surface area contributed by atoms with Crippen molar-refractivity contribution in [2.45, 2.75) is 150 Å². The summed E-state index contributed by atoms with van der Waals surface area (Å²) in [6, 6.07) is 0. The van der Waals surface area contributed by atoms with Gasteiger partial charge in [-0.15, -0.1) is 0 Å². The van der Waals surface area contributed by atoms with Crippen molar-refractivity contribution in [3.8, 4) is 0 Å². The van der Waals surface area contributed by atoms with Gasteiger partial charge < -0.3 is 20.8 Å². The van der Waals surface area contributed by atoms with Gasteiger partial charge in [-0.2, -0.15) is 33.1 Å². The van der Waals surface area contributed by atoms with Crippen LogP contribution in [0.4, 0.5) is 0 Å². The molecule has 0 N–H and O–H groups in total. The minimum Gasteiger partial charge on any atom is -0.542 e. The molecule has 0 aliphatic rings. The van der Waals surface area contributed by atoms with Gasteiger partial charge in [0.1, 0.15) is 0 Å². The van der Waals surface area contributed by atoms with E-state index in [2.05, 4.69) is 20.8 Å². The molecule has 0 aromatic heterocycles. The van der Waals surface area contributed by atoms with Crippen LogP contribution < -0.4 is 0 Å². The minimum atomic E-state index is 0. The molecule has 182 valence electrons. The van der Waals surface area contributed by atoms with Crippen LogP contribution in [0.1, 0.15) is 150 Å². The standard InChI is InChI=1S/3C8H15O.C3H7.Ti/c3*1-2-3-4-5-6-7-8-9;1-3-2;/h3*2-7H2,1H3;3H,1-2H3;/q4*-1;+4. The second-order valence-corrected chi connectivity index (χ2v) is 7.50. The summed E-state index contributed by atoms with van der Waals surface area (Å²) in [7, 11) is 0. The van der Waals surface area contributed by atoms with Crippen molar-refractivity contribution in [1.82, 2.24) is 0 Å². The largest absolute Gasteiger partial charge is 4.00 e. The molecule has 0 fully saturated rings. The molecule has 0 aromatic carbocycles. The molecule has 4 heteroatoms. The Kier molecular flexibility index (Phi) is 68.8. The zero-order valence-corrected chi connectivity index (χ0v) is 23.1. The predicted octanol–water partition coefficient (Wildman–Crippen LogP) is 8.60. The number of hydrogen-bond acceptors (Lipinski definition) is 3. The van der Waals surface area contributed by atoms with Crippen molar-refractivity contribution in [3.63, 3.8) is 0 Å². The van der Waals surface area contributed by atoms with Crippen molar-refractivity contribution in [2.75, 3.05) is 0 Å². The molecule has 0 saturated heterocycles. The van der Waals surface area contributed by atoms with E-state index in [4.69, 9.17) is 0 Å². The van der Waals surface area contributed by atoms with Crippen molar-refractivity contribution < 1.29 is 36.1 Å². The third-order valence-electron chi connectivity index (χ3n) is 4.15. The van der Waals surface area contributed by atoms with Crippen LogP contribution in [0.3, 0.4) is 0 Å². The van der Waals surface area contributed by atoms with Gasteiger partial charge in [0, 0.05) is 0 Å². The van der Waals surface area contributed by atoms with Gasteiger partial charge >= 0.3 is 21.7 Å². The van der Waals surface area contributed by atoms with E-state index in [0.717, 1.165) is 19.3 Å². The van der Waals surface area contributed by atoms with E-state index in [9.17, 15) is 14.4 Å². The number of hydrogen-bond donors (Lipinski definition) is 0. The first-order valence-corrected chi connectivity index (χ1v) is 12.4. The second-order valence-electron chi connectivity index (χ2n) is 7.50. The Hall–Kier alpha value is -0.276. The maximum atomic E-state index is 9.71.